The fourth-order valence-electron chi connectivity index (χ4n) is 7.99. The standard InChI is InChI=1S/C47H30N4O/c1-2-12-31(13-3-1)45-48-46(50-47(49-45)33-20-25-38-37-16-8-9-17-41(37)52-42(38)28-33)32-18-23-34(24-19-32)51-39-26-21-29-10-4-6-14-35(29)43(39)44-36-15-7-5-11-30(36)22-27-40(44)51/h1-28,45H,(H,48,49,50). The van der Waals surface area contributed by atoms with E-state index in [0.29, 0.717) is 5.84 Å². The monoisotopic (exact) mass is 666 g/mol. The van der Waals surface area contributed by atoms with Crippen molar-refractivity contribution in [2.24, 2.45) is 9.98 Å². The molecule has 1 aliphatic rings. The molecule has 0 spiro atoms. The minimum absolute atomic E-state index is 0.298. The molecule has 5 nitrogen and oxygen atoms in total. The number of benzene rings is 8. The number of nitrogens with zero attached hydrogens (tertiary/aromatic N) is 3. The van der Waals surface area contributed by atoms with Crippen LogP contribution in [0.1, 0.15) is 22.9 Å². The second kappa shape index (κ2) is 11.3. The van der Waals surface area contributed by atoms with Gasteiger partial charge in [0.15, 0.2) is 5.84 Å². The molecule has 8 aromatic carbocycles. The van der Waals surface area contributed by atoms with E-state index >= 15 is 0 Å². The maximum Gasteiger partial charge on any atom is 0.159 e. The molecule has 0 fully saturated rings. The first-order valence-corrected chi connectivity index (χ1v) is 17.6. The van der Waals surface area contributed by atoms with Gasteiger partial charge in [-0.05, 0) is 81.7 Å². The van der Waals surface area contributed by atoms with Crippen molar-refractivity contribution in [3.63, 3.8) is 0 Å². The summed E-state index contributed by atoms with van der Waals surface area (Å²) in [6, 6.07) is 59.8. The van der Waals surface area contributed by atoms with Gasteiger partial charge in [0.1, 0.15) is 23.2 Å². The number of aromatic nitrogens is 1. The maximum absolute atomic E-state index is 6.25. The Morgan fingerprint density at radius 1 is 0.500 bits per heavy atom. The molecule has 0 amide bonds. The second-order valence-corrected chi connectivity index (χ2v) is 13.4. The van der Waals surface area contributed by atoms with Crippen molar-refractivity contribution in [3.8, 4) is 5.69 Å². The van der Waals surface area contributed by atoms with Gasteiger partial charge in [-0.3, -0.25) is 0 Å². The molecule has 52 heavy (non-hydrogen) atoms. The van der Waals surface area contributed by atoms with Gasteiger partial charge in [-0.25, -0.2) is 9.98 Å². The lowest BCUT2D eigenvalue weighted by atomic mass is 10.00. The summed E-state index contributed by atoms with van der Waals surface area (Å²) in [6.45, 7) is 0. The second-order valence-electron chi connectivity index (χ2n) is 13.4. The molecule has 0 radical (unpaired) electrons. The molecule has 0 saturated heterocycles. The van der Waals surface area contributed by atoms with Crippen LogP contribution in [-0.2, 0) is 0 Å². The summed E-state index contributed by atoms with van der Waals surface area (Å²) in [5, 5.41) is 13.3. The number of furan rings is 1. The molecule has 0 bridgehead atoms. The Kier molecular flexibility index (Phi) is 6.25. The molecule has 3 heterocycles. The number of amidine groups is 2. The number of rotatable bonds is 4. The van der Waals surface area contributed by atoms with E-state index in [9.17, 15) is 0 Å². The zero-order valence-corrected chi connectivity index (χ0v) is 28.0. The van der Waals surface area contributed by atoms with Crippen LogP contribution in [0.5, 0.6) is 0 Å². The first-order chi connectivity index (χ1) is 25.8. The van der Waals surface area contributed by atoms with Gasteiger partial charge >= 0.3 is 0 Å². The molecule has 10 aromatic rings. The molecule has 0 saturated carbocycles. The number of para-hydroxylation sites is 1. The molecule has 0 aliphatic carbocycles. The molecule has 1 N–H and O–H groups in total. The van der Waals surface area contributed by atoms with Crippen LogP contribution >= 0.6 is 0 Å². The summed E-state index contributed by atoms with van der Waals surface area (Å²) < 4.78 is 8.64. The Bertz CT molecular complexity index is 3000. The van der Waals surface area contributed by atoms with Crippen molar-refractivity contribution < 1.29 is 4.42 Å². The van der Waals surface area contributed by atoms with Crippen LogP contribution in [0.15, 0.2) is 184 Å². The lowest BCUT2D eigenvalue weighted by molar-refractivity contribution is 0.666. The highest BCUT2D eigenvalue weighted by atomic mass is 16.3. The van der Waals surface area contributed by atoms with E-state index in [4.69, 9.17) is 14.4 Å². The summed E-state index contributed by atoms with van der Waals surface area (Å²) in [5.74, 6) is 1.43. The summed E-state index contributed by atoms with van der Waals surface area (Å²) in [7, 11) is 0. The third-order valence-electron chi connectivity index (χ3n) is 10.4. The first-order valence-electron chi connectivity index (χ1n) is 17.6. The van der Waals surface area contributed by atoms with Crippen molar-refractivity contribution in [2.75, 3.05) is 0 Å². The average Bonchev–Trinajstić information content (AvgIpc) is 3.77. The SMILES string of the molecule is c1ccc(C2N=C(c3ccc(-n4c5ccc6ccccc6c5c5c6ccccc6ccc54)cc3)N=C(c3ccc4c(c3)oc3ccccc34)N2)cc1. The fraction of sp³-hybridized carbons (Fsp3) is 0.0213. The number of aliphatic imine (C=N–C) groups is 2. The van der Waals surface area contributed by atoms with E-state index in [2.05, 4.69) is 143 Å². The van der Waals surface area contributed by atoms with E-state index < -0.39 is 0 Å². The number of fused-ring (bicyclic) bond motifs is 10. The van der Waals surface area contributed by atoms with Crippen molar-refractivity contribution >= 4 is 77.0 Å². The van der Waals surface area contributed by atoms with Crippen molar-refractivity contribution in [1.82, 2.24) is 9.88 Å². The largest absolute Gasteiger partial charge is 0.456 e. The van der Waals surface area contributed by atoms with Gasteiger partial charge in [0.05, 0.1) is 11.0 Å². The van der Waals surface area contributed by atoms with Gasteiger partial charge in [0.2, 0.25) is 0 Å². The van der Waals surface area contributed by atoms with Gasteiger partial charge in [0.25, 0.3) is 0 Å². The zero-order valence-electron chi connectivity index (χ0n) is 28.0. The Morgan fingerprint density at radius 2 is 1.10 bits per heavy atom. The van der Waals surface area contributed by atoms with Crippen LogP contribution in [0.2, 0.25) is 0 Å². The van der Waals surface area contributed by atoms with Crippen LogP contribution < -0.4 is 5.32 Å². The summed E-state index contributed by atoms with van der Waals surface area (Å²) in [4.78, 5) is 10.3. The van der Waals surface area contributed by atoms with Crippen LogP contribution in [0.4, 0.5) is 0 Å². The van der Waals surface area contributed by atoms with Gasteiger partial charge in [0, 0.05) is 38.4 Å². The zero-order chi connectivity index (χ0) is 34.2. The number of hydrogen-bond acceptors (Lipinski definition) is 4. The average molecular weight is 667 g/mol. The highest BCUT2D eigenvalue weighted by Gasteiger charge is 2.23. The minimum Gasteiger partial charge on any atom is -0.456 e. The maximum atomic E-state index is 6.25. The smallest absolute Gasteiger partial charge is 0.159 e. The third kappa shape index (κ3) is 4.42. The quantitative estimate of drug-likeness (QED) is 0.203. The number of hydrogen-bond donors (Lipinski definition) is 1. The van der Waals surface area contributed by atoms with E-state index in [-0.39, 0.29) is 6.17 Å². The Balaban J connectivity index is 1.06. The van der Waals surface area contributed by atoms with Crippen molar-refractivity contribution in [1.29, 1.82) is 0 Å². The van der Waals surface area contributed by atoms with Gasteiger partial charge in [-0.1, -0.05) is 115 Å². The lowest BCUT2D eigenvalue weighted by Gasteiger charge is -2.23. The topological polar surface area (TPSA) is 54.8 Å². The molecular formula is C47H30N4O. The van der Waals surface area contributed by atoms with Crippen LogP contribution in [0.3, 0.4) is 0 Å². The number of nitrogens with one attached hydrogen (secondary N) is 1. The van der Waals surface area contributed by atoms with E-state index in [1.165, 1.54) is 43.4 Å². The van der Waals surface area contributed by atoms with E-state index in [1.807, 2.05) is 36.4 Å². The molecule has 1 unspecified atom stereocenters. The fourth-order valence-corrected chi connectivity index (χ4v) is 7.99. The van der Waals surface area contributed by atoms with Crippen LogP contribution in [0, 0.1) is 0 Å². The molecule has 11 rings (SSSR count). The Morgan fingerprint density at radius 3 is 1.81 bits per heavy atom. The van der Waals surface area contributed by atoms with Crippen molar-refractivity contribution in [3.05, 3.63) is 187 Å². The summed E-state index contributed by atoms with van der Waals surface area (Å²) in [5.41, 5.74) is 8.12. The van der Waals surface area contributed by atoms with Gasteiger partial charge in [-0.15, -0.1) is 0 Å². The lowest BCUT2D eigenvalue weighted by Crippen LogP contribution is -2.33. The van der Waals surface area contributed by atoms with E-state index in [0.717, 1.165) is 50.2 Å². The highest BCUT2D eigenvalue weighted by Crippen LogP contribution is 2.40. The highest BCUT2D eigenvalue weighted by molar-refractivity contribution is 6.28. The van der Waals surface area contributed by atoms with Gasteiger partial charge < -0.3 is 14.3 Å². The first kappa shape index (κ1) is 28.8. The van der Waals surface area contributed by atoms with Gasteiger partial charge in [-0.2, -0.15) is 0 Å². The normalized spacial score (nSPS) is 14.7. The summed E-state index contributed by atoms with van der Waals surface area (Å²) in [6.07, 6.45) is -0.298. The molecule has 1 atom stereocenters. The Labute approximate surface area is 298 Å². The predicted molar refractivity (Wildman–Crippen MR) is 215 cm³/mol. The molecule has 244 valence electrons. The van der Waals surface area contributed by atoms with Crippen LogP contribution in [0.25, 0.3) is 71.0 Å². The molecule has 1 aliphatic heterocycles. The minimum atomic E-state index is -0.298. The Hall–Kier alpha value is -6.98. The molecular weight excluding hydrogens is 637 g/mol. The summed E-state index contributed by atoms with van der Waals surface area (Å²) >= 11 is 0. The third-order valence-corrected chi connectivity index (χ3v) is 10.4. The molecule has 2 aromatic heterocycles. The molecule has 5 heteroatoms. The van der Waals surface area contributed by atoms with Crippen molar-refractivity contribution in [2.45, 2.75) is 6.17 Å². The van der Waals surface area contributed by atoms with Crippen LogP contribution in [-0.4, -0.2) is 16.2 Å². The van der Waals surface area contributed by atoms with E-state index in [1.54, 1.807) is 0 Å². The predicted octanol–water partition coefficient (Wildman–Crippen LogP) is 11.5.